The molecule has 10 nitrogen and oxygen atoms in total. The second-order valence-electron chi connectivity index (χ2n) is 5.22. The minimum atomic E-state index is -2.09. The molecule has 4 N–H and O–H groups in total. The normalized spacial score (nSPS) is 30.5. The van der Waals surface area contributed by atoms with Crippen molar-refractivity contribution < 1.29 is 19.3 Å². The Morgan fingerprint density at radius 3 is 3.00 bits per heavy atom. The van der Waals surface area contributed by atoms with E-state index in [-0.39, 0.29) is 11.5 Å². The van der Waals surface area contributed by atoms with Crippen molar-refractivity contribution in [1.82, 2.24) is 14.6 Å². The number of hydrogen-bond acceptors (Lipinski definition) is 7. The van der Waals surface area contributed by atoms with E-state index in [4.69, 9.17) is 16.0 Å². The number of anilines is 1. The second-order valence-corrected chi connectivity index (χ2v) is 5.22. The Balaban J connectivity index is 2.11. The fourth-order valence-electron chi connectivity index (χ4n) is 2.68. The molecule has 122 valence electrons. The molecule has 3 heterocycles. The third-order valence-corrected chi connectivity index (χ3v) is 3.79. The largest absolute Gasteiger partial charge is 0.393 e. The monoisotopic (exact) mass is 323 g/mol. The zero-order valence-corrected chi connectivity index (χ0v) is 12.0. The summed E-state index contributed by atoms with van der Waals surface area (Å²) in [5, 5.41) is 26.8. The van der Waals surface area contributed by atoms with Gasteiger partial charge in [0.2, 0.25) is 0 Å². The highest BCUT2D eigenvalue weighted by atomic mass is 19.1. The van der Waals surface area contributed by atoms with Crippen LogP contribution in [0.15, 0.2) is 17.2 Å². The Kier molecular flexibility index (Phi) is 3.57. The Hall–Kier alpha value is -2.46. The van der Waals surface area contributed by atoms with E-state index in [0.717, 1.165) is 0 Å². The summed E-state index contributed by atoms with van der Waals surface area (Å²) in [6, 6.07) is 3.10. The molecule has 1 aliphatic rings. The highest BCUT2D eigenvalue weighted by Gasteiger charge is 2.56. The number of nitrogen functional groups attached to an aromatic ring is 1. The number of ether oxygens (including phenoxy) is 1. The first-order valence-electron chi connectivity index (χ1n) is 6.72. The zero-order chi connectivity index (χ0) is 16.8. The summed E-state index contributed by atoms with van der Waals surface area (Å²) in [6.07, 6.45) is -5.04. The molecule has 2 aromatic heterocycles. The summed E-state index contributed by atoms with van der Waals surface area (Å²) in [5.41, 5.74) is 13.0. The molecule has 1 saturated heterocycles. The number of azide groups is 1. The molecule has 11 heteroatoms. The van der Waals surface area contributed by atoms with Crippen molar-refractivity contribution in [1.29, 1.82) is 0 Å². The number of alkyl halides is 1. The number of rotatable bonds is 3. The van der Waals surface area contributed by atoms with Crippen molar-refractivity contribution in [2.45, 2.75) is 31.0 Å². The summed E-state index contributed by atoms with van der Waals surface area (Å²) < 4.78 is 21.3. The van der Waals surface area contributed by atoms with Crippen LogP contribution in [0.25, 0.3) is 16.0 Å². The molecule has 0 saturated carbocycles. The summed E-state index contributed by atoms with van der Waals surface area (Å²) in [7, 11) is 0. The average molecular weight is 323 g/mol. The number of halogens is 1. The molecule has 0 spiro atoms. The van der Waals surface area contributed by atoms with Gasteiger partial charge in [-0.3, -0.25) is 0 Å². The first-order chi connectivity index (χ1) is 10.9. The van der Waals surface area contributed by atoms with Crippen molar-refractivity contribution in [2.75, 3.05) is 12.3 Å². The predicted octanol–water partition coefficient (Wildman–Crippen LogP) is 0.389. The molecule has 2 aromatic rings. The molecule has 0 amide bonds. The van der Waals surface area contributed by atoms with Gasteiger partial charge in [0, 0.05) is 4.91 Å². The van der Waals surface area contributed by atoms with E-state index in [9.17, 15) is 14.6 Å². The molecule has 0 unspecified atom stereocenters. The van der Waals surface area contributed by atoms with Crippen molar-refractivity contribution in [3.05, 3.63) is 34.1 Å². The maximum atomic E-state index is 14.5. The quantitative estimate of drug-likeness (QED) is 0.421. The molecule has 0 radical (unpaired) electrons. The van der Waals surface area contributed by atoms with E-state index in [2.05, 4.69) is 20.1 Å². The summed E-state index contributed by atoms with van der Waals surface area (Å²) in [5.74, 6) is 0.575. The SMILES string of the molecule is Cc1nc(N)c2ccc([C@@H]3O[C@@](CO)(N=[N+]=[N-])[C@@H](O)[C@H]3F)n2n1. The Labute approximate surface area is 128 Å². The first kappa shape index (κ1) is 15.4. The molecule has 1 fully saturated rings. The fourth-order valence-corrected chi connectivity index (χ4v) is 2.68. The average Bonchev–Trinajstić information content (AvgIpc) is 3.03. The summed E-state index contributed by atoms with van der Waals surface area (Å²) in [6.45, 7) is 0.753. The van der Waals surface area contributed by atoms with E-state index in [1.165, 1.54) is 10.6 Å². The van der Waals surface area contributed by atoms with Crippen molar-refractivity contribution >= 4 is 11.3 Å². The third kappa shape index (κ3) is 2.18. The van der Waals surface area contributed by atoms with Crippen LogP contribution >= 0.6 is 0 Å². The molecule has 1 aliphatic heterocycles. The zero-order valence-electron chi connectivity index (χ0n) is 12.0. The highest BCUT2D eigenvalue weighted by Crippen LogP contribution is 2.43. The number of hydrogen-bond donors (Lipinski definition) is 3. The van der Waals surface area contributed by atoms with E-state index < -0.39 is 30.7 Å². The lowest BCUT2D eigenvalue weighted by atomic mass is 10.0. The van der Waals surface area contributed by atoms with E-state index in [1.807, 2.05) is 0 Å². The molecule has 0 aromatic carbocycles. The minimum Gasteiger partial charge on any atom is -0.393 e. The van der Waals surface area contributed by atoms with Gasteiger partial charge >= 0.3 is 0 Å². The van der Waals surface area contributed by atoms with Gasteiger partial charge in [0.05, 0.1) is 12.3 Å². The summed E-state index contributed by atoms with van der Waals surface area (Å²) >= 11 is 0. The maximum absolute atomic E-state index is 14.5. The Morgan fingerprint density at radius 2 is 2.35 bits per heavy atom. The number of aryl methyl sites for hydroxylation is 1. The van der Waals surface area contributed by atoms with Gasteiger partial charge in [0.15, 0.2) is 17.7 Å². The maximum Gasteiger partial charge on any atom is 0.199 e. The molecule has 23 heavy (non-hydrogen) atoms. The molecule has 0 aliphatic carbocycles. The smallest absolute Gasteiger partial charge is 0.199 e. The van der Waals surface area contributed by atoms with Crippen LogP contribution in [-0.4, -0.2) is 49.4 Å². The number of nitrogens with two attached hydrogens (primary N) is 1. The molecular weight excluding hydrogens is 309 g/mol. The molecular formula is C12H14FN7O3. The van der Waals surface area contributed by atoms with Gasteiger partial charge in [-0.25, -0.2) is 13.9 Å². The van der Waals surface area contributed by atoms with Crippen molar-refractivity contribution in [3.63, 3.8) is 0 Å². The lowest BCUT2D eigenvalue weighted by Gasteiger charge is -2.23. The van der Waals surface area contributed by atoms with Crippen LogP contribution in [0.5, 0.6) is 0 Å². The van der Waals surface area contributed by atoms with Gasteiger partial charge in [-0.2, -0.15) is 5.10 Å². The van der Waals surface area contributed by atoms with Crippen LogP contribution in [0, 0.1) is 6.92 Å². The number of aliphatic hydroxyl groups is 2. The molecule has 4 atom stereocenters. The van der Waals surface area contributed by atoms with Gasteiger partial charge in [0.25, 0.3) is 0 Å². The first-order valence-corrected chi connectivity index (χ1v) is 6.72. The fraction of sp³-hybridized carbons (Fsp3) is 0.500. The van der Waals surface area contributed by atoms with E-state index in [1.54, 1.807) is 13.0 Å². The van der Waals surface area contributed by atoms with Gasteiger partial charge < -0.3 is 20.7 Å². The lowest BCUT2D eigenvalue weighted by molar-refractivity contribution is -0.108. The van der Waals surface area contributed by atoms with Crippen LogP contribution in [0.3, 0.4) is 0 Å². The van der Waals surface area contributed by atoms with E-state index >= 15 is 0 Å². The van der Waals surface area contributed by atoms with Gasteiger partial charge in [-0.05, 0) is 24.6 Å². The van der Waals surface area contributed by atoms with Crippen molar-refractivity contribution in [2.24, 2.45) is 5.11 Å². The molecule has 0 bridgehead atoms. The van der Waals surface area contributed by atoms with Crippen LogP contribution in [0.4, 0.5) is 10.2 Å². The third-order valence-electron chi connectivity index (χ3n) is 3.79. The number of aliphatic hydroxyl groups excluding tert-OH is 2. The predicted molar refractivity (Wildman–Crippen MR) is 75.8 cm³/mol. The molecule has 3 rings (SSSR count). The number of aromatic nitrogens is 3. The van der Waals surface area contributed by atoms with E-state index in [0.29, 0.717) is 11.3 Å². The summed E-state index contributed by atoms with van der Waals surface area (Å²) in [4.78, 5) is 6.52. The van der Waals surface area contributed by atoms with Gasteiger partial charge in [-0.15, -0.1) is 0 Å². The number of nitrogens with zero attached hydrogens (tertiary/aromatic N) is 6. The number of fused-ring (bicyclic) bond motifs is 1. The van der Waals surface area contributed by atoms with Crippen LogP contribution < -0.4 is 5.73 Å². The van der Waals surface area contributed by atoms with Gasteiger partial charge in [0.1, 0.15) is 23.5 Å². The van der Waals surface area contributed by atoms with Crippen LogP contribution in [0.1, 0.15) is 17.6 Å². The Bertz CT molecular complexity index is 805. The topological polar surface area (TPSA) is 155 Å². The highest BCUT2D eigenvalue weighted by molar-refractivity contribution is 5.65. The standard InChI is InChI=1S/C12H14FN7O3/c1-5-16-11(14)7-3-2-6(20(7)17-5)9-8(13)10(22)12(4-21,23-9)18-19-15/h2-3,8-10,21-22H,4H2,1H3,(H2,14,16,17)/t8-,9-,10-,12+/m0/s1. The second kappa shape index (κ2) is 5.32. The van der Waals surface area contributed by atoms with Crippen LogP contribution in [-0.2, 0) is 4.74 Å². The van der Waals surface area contributed by atoms with Crippen LogP contribution in [0.2, 0.25) is 0 Å². The van der Waals surface area contributed by atoms with Gasteiger partial charge in [-0.1, -0.05) is 5.11 Å². The Morgan fingerprint density at radius 1 is 1.61 bits per heavy atom. The minimum absolute atomic E-state index is 0.209. The lowest BCUT2D eigenvalue weighted by Crippen LogP contribution is -2.43. The van der Waals surface area contributed by atoms with Crippen molar-refractivity contribution in [3.8, 4) is 0 Å².